The number of furan rings is 1. The summed E-state index contributed by atoms with van der Waals surface area (Å²) in [6.07, 6.45) is 2.03. The van der Waals surface area contributed by atoms with Crippen LogP contribution >= 0.6 is 22.7 Å². The zero-order valence-corrected chi connectivity index (χ0v) is 16.7. The first-order valence-electron chi connectivity index (χ1n) is 8.70. The maximum atomic E-state index is 12.4. The van der Waals surface area contributed by atoms with Crippen LogP contribution in [-0.2, 0) is 11.3 Å². The van der Waals surface area contributed by atoms with Gasteiger partial charge in [0.25, 0.3) is 5.91 Å². The highest BCUT2D eigenvalue weighted by Crippen LogP contribution is 2.25. The molecule has 0 bridgehead atoms. The fourth-order valence-corrected chi connectivity index (χ4v) is 4.60. The number of nitrogens with zero attached hydrogens (tertiary/aromatic N) is 3. The van der Waals surface area contributed by atoms with Gasteiger partial charge in [-0.3, -0.25) is 15.0 Å². The van der Waals surface area contributed by atoms with Crippen molar-refractivity contribution in [3.05, 3.63) is 40.5 Å². The summed E-state index contributed by atoms with van der Waals surface area (Å²) in [5.74, 6) is 0.392. The van der Waals surface area contributed by atoms with E-state index in [0.29, 0.717) is 21.6 Å². The van der Waals surface area contributed by atoms with Crippen LogP contribution in [0.1, 0.15) is 30.0 Å². The van der Waals surface area contributed by atoms with Crippen molar-refractivity contribution < 1.29 is 13.9 Å². The summed E-state index contributed by atoms with van der Waals surface area (Å²) in [5, 5.41) is 7.79. The Balaban J connectivity index is 1.37. The Morgan fingerprint density at radius 2 is 2.07 bits per heavy atom. The van der Waals surface area contributed by atoms with Gasteiger partial charge in [0.2, 0.25) is 0 Å². The fraction of sp³-hybridized carbons (Fsp3) is 0.389. The molecule has 1 amide bonds. The van der Waals surface area contributed by atoms with E-state index in [9.17, 15) is 4.79 Å². The fourth-order valence-electron chi connectivity index (χ4n) is 3.13. The average Bonchev–Trinajstić information content (AvgIpc) is 3.35. The van der Waals surface area contributed by atoms with Crippen molar-refractivity contribution in [2.45, 2.75) is 32.6 Å². The predicted molar refractivity (Wildman–Crippen MR) is 105 cm³/mol. The topological polar surface area (TPSA) is 80.5 Å². The third kappa shape index (κ3) is 4.44. The molecule has 3 aromatic rings. The highest BCUT2D eigenvalue weighted by molar-refractivity contribution is 7.14. The third-order valence-electron chi connectivity index (χ3n) is 4.12. The standard InChI is InChI=1S/C18H20N4O3S2/c1-11-6-22(7-12(2)25-11)8-13-9-27-18(19-13)21-16(23)14-10-26-17(20-14)15-4-3-5-24-15/h3-5,9-12H,6-8H2,1-2H3,(H,19,21,23)/t11-,12-/m1/s1. The van der Waals surface area contributed by atoms with Crippen molar-refractivity contribution in [3.8, 4) is 10.8 Å². The summed E-state index contributed by atoms with van der Waals surface area (Å²) in [6.45, 7) is 6.69. The van der Waals surface area contributed by atoms with Crippen LogP contribution in [-0.4, -0.2) is 46.1 Å². The van der Waals surface area contributed by atoms with Crippen LogP contribution in [0.25, 0.3) is 10.8 Å². The molecule has 0 radical (unpaired) electrons. The van der Waals surface area contributed by atoms with E-state index in [1.165, 1.54) is 22.7 Å². The minimum Gasteiger partial charge on any atom is -0.462 e. The average molecular weight is 405 g/mol. The zero-order chi connectivity index (χ0) is 18.8. The van der Waals surface area contributed by atoms with Gasteiger partial charge >= 0.3 is 0 Å². The number of ether oxygens (including phenoxy) is 1. The van der Waals surface area contributed by atoms with Gasteiger partial charge in [-0.15, -0.1) is 22.7 Å². The Morgan fingerprint density at radius 3 is 2.81 bits per heavy atom. The molecule has 1 aliphatic rings. The quantitative estimate of drug-likeness (QED) is 0.698. The lowest BCUT2D eigenvalue weighted by Gasteiger charge is -2.34. The molecule has 0 saturated carbocycles. The lowest BCUT2D eigenvalue weighted by Crippen LogP contribution is -2.44. The Morgan fingerprint density at radius 1 is 1.26 bits per heavy atom. The van der Waals surface area contributed by atoms with E-state index in [1.54, 1.807) is 17.7 Å². The van der Waals surface area contributed by atoms with E-state index in [2.05, 4.69) is 34.0 Å². The number of hydrogen-bond acceptors (Lipinski definition) is 8. The van der Waals surface area contributed by atoms with E-state index in [-0.39, 0.29) is 18.1 Å². The molecule has 0 unspecified atom stereocenters. The van der Waals surface area contributed by atoms with Crippen LogP contribution < -0.4 is 5.32 Å². The Labute approximate surface area is 165 Å². The Bertz CT molecular complexity index is 896. The normalized spacial score (nSPS) is 20.7. The van der Waals surface area contributed by atoms with E-state index in [4.69, 9.17) is 9.15 Å². The molecule has 4 rings (SSSR count). The highest BCUT2D eigenvalue weighted by atomic mass is 32.1. The minimum atomic E-state index is -0.265. The second kappa shape index (κ2) is 7.89. The number of nitrogens with one attached hydrogen (secondary N) is 1. The van der Waals surface area contributed by atoms with Gasteiger partial charge in [0.1, 0.15) is 5.69 Å². The molecule has 4 heterocycles. The monoisotopic (exact) mass is 404 g/mol. The molecule has 1 fully saturated rings. The number of thiazole rings is 2. The summed E-state index contributed by atoms with van der Waals surface area (Å²) >= 11 is 2.80. The molecule has 9 heteroatoms. The number of anilines is 1. The zero-order valence-electron chi connectivity index (χ0n) is 15.0. The van der Waals surface area contributed by atoms with Gasteiger partial charge in [-0.1, -0.05) is 0 Å². The van der Waals surface area contributed by atoms with Gasteiger partial charge in [-0.25, -0.2) is 9.97 Å². The van der Waals surface area contributed by atoms with E-state index < -0.39 is 0 Å². The maximum absolute atomic E-state index is 12.4. The summed E-state index contributed by atoms with van der Waals surface area (Å²) in [7, 11) is 0. The Kier molecular flexibility index (Phi) is 5.35. The van der Waals surface area contributed by atoms with Gasteiger partial charge in [0.15, 0.2) is 15.9 Å². The number of hydrogen-bond donors (Lipinski definition) is 1. The first kappa shape index (κ1) is 18.3. The molecule has 1 saturated heterocycles. The second-order valence-corrected chi connectivity index (χ2v) is 8.28. The molecular formula is C18H20N4O3S2. The molecule has 0 spiro atoms. The molecule has 7 nitrogen and oxygen atoms in total. The SMILES string of the molecule is C[C@@H]1CN(Cc2csc(NC(=O)c3csc(-c4ccco4)n3)n2)C[C@@H](C)O1. The number of rotatable bonds is 5. The first-order chi connectivity index (χ1) is 13.1. The smallest absolute Gasteiger partial charge is 0.276 e. The highest BCUT2D eigenvalue weighted by Gasteiger charge is 2.23. The predicted octanol–water partition coefficient (Wildman–Crippen LogP) is 3.72. The van der Waals surface area contributed by atoms with Crippen LogP contribution in [0.15, 0.2) is 33.6 Å². The van der Waals surface area contributed by atoms with Gasteiger partial charge in [0.05, 0.1) is 24.2 Å². The lowest BCUT2D eigenvalue weighted by molar-refractivity contribution is -0.0707. The number of carbonyl (C=O) groups excluding carboxylic acids is 1. The first-order valence-corrected chi connectivity index (χ1v) is 10.5. The van der Waals surface area contributed by atoms with Gasteiger partial charge in [-0.2, -0.15) is 0 Å². The van der Waals surface area contributed by atoms with Crippen LogP contribution in [0.4, 0.5) is 5.13 Å². The van der Waals surface area contributed by atoms with E-state index >= 15 is 0 Å². The van der Waals surface area contributed by atoms with Gasteiger partial charge < -0.3 is 9.15 Å². The van der Waals surface area contributed by atoms with Crippen LogP contribution in [0.5, 0.6) is 0 Å². The van der Waals surface area contributed by atoms with Crippen molar-refractivity contribution in [3.63, 3.8) is 0 Å². The number of carbonyl (C=O) groups is 1. The number of amides is 1. The minimum absolute atomic E-state index is 0.222. The summed E-state index contributed by atoms with van der Waals surface area (Å²) < 4.78 is 11.1. The molecule has 1 N–H and O–H groups in total. The molecule has 3 aromatic heterocycles. The summed E-state index contributed by atoms with van der Waals surface area (Å²) in [6, 6.07) is 3.62. The van der Waals surface area contributed by atoms with Gasteiger partial charge in [0, 0.05) is 30.4 Å². The largest absolute Gasteiger partial charge is 0.462 e. The van der Waals surface area contributed by atoms with Crippen molar-refractivity contribution in [1.82, 2.24) is 14.9 Å². The maximum Gasteiger partial charge on any atom is 0.276 e. The summed E-state index contributed by atoms with van der Waals surface area (Å²) in [5.41, 5.74) is 1.31. The molecule has 1 aliphatic heterocycles. The molecule has 2 atom stereocenters. The second-order valence-electron chi connectivity index (χ2n) is 6.56. The van der Waals surface area contributed by atoms with Gasteiger partial charge in [-0.05, 0) is 26.0 Å². The Hall–Kier alpha value is -2.07. The third-order valence-corrected chi connectivity index (χ3v) is 5.79. The van der Waals surface area contributed by atoms with Crippen LogP contribution in [0.2, 0.25) is 0 Å². The molecule has 142 valence electrons. The molecule has 0 aromatic carbocycles. The van der Waals surface area contributed by atoms with Crippen LogP contribution in [0.3, 0.4) is 0 Å². The van der Waals surface area contributed by atoms with Crippen molar-refractivity contribution in [2.24, 2.45) is 0 Å². The van der Waals surface area contributed by atoms with E-state index in [1.807, 2.05) is 11.4 Å². The number of morpholine rings is 1. The molecule has 0 aliphatic carbocycles. The summed E-state index contributed by atoms with van der Waals surface area (Å²) in [4.78, 5) is 23.6. The molecule has 27 heavy (non-hydrogen) atoms. The van der Waals surface area contributed by atoms with Crippen molar-refractivity contribution in [2.75, 3.05) is 18.4 Å². The van der Waals surface area contributed by atoms with E-state index in [0.717, 1.165) is 25.3 Å². The number of aromatic nitrogens is 2. The van der Waals surface area contributed by atoms with Crippen molar-refractivity contribution >= 4 is 33.7 Å². The lowest BCUT2D eigenvalue weighted by atomic mass is 10.2. The van der Waals surface area contributed by atoms with Crippen LogP contribution in [0, 0.1) is 0 Å². The van der Waals surface area contributed by atoms with Crippen molar-refractivity contribution in [1.29, 1.82) is 0 Å². The molecular weight excluding hydrogens is 384 g/mol.